The Kier molecular flexibility index (Phi) is 4.39. The van der Waals surface area contributed by atoms with Crippen molar-refractivity contribution in [3.8, 4) is 0 Å². The molecule has 2 unspecified atom stereocenters. The van der Waals surface area contributed by atoms with Crippen molar-refractivity contribution in [3.63, 3.8) is 0 Å². The standard InChI is InChI=1S/C20H25N3O/c24-17-7-3-5-15(10-11-17)13-23-14-16-6-4-12-21-20(16)22-18-8-1-2-9-19(18)23/h1-2,4,6,8-9,12,15,17,24H,3,5,7,10-11,13-14H2,(H,21,22). The fourth-order valence-corrected chi connectivity index (χ4v) is 3.97. The number of rotatable bonds is 2. The molecule has 4 rings (SSSR count). The third kappa shape index (κ3) is 3.24. The van der Waals surface area contributed by atoms with Crippen LogP contribution in [-0.4, -0.2) is 22.7 Å². The first-order chi connectivity index (χ1) is 11.8. The van der Waals surface area contributed by atoms with Gasteiger partial charge in [0.15, 0.2) is 0 Å². The van der Waals surface area contributed by atoms with Crippen LogP contribution in [0.2, 0.25) is 0 Å². The molecule has 2 aliphatic rings. The van der Waals surface area contributed by atoms with Gasteiger partial charge in [-0.25, -0.2) is 4.98 Å². The molecule has 1 aliphatic carbocycles. The quantitative estimate of drug-likeness (QED) is 0.817. The van der Waals surface area contributed by atoms with E-state index in [-0.39, 0.29) is 6.10 Å². The largest absolute Gasteiger partial charge is 0.393 e. The molecule has 2 aromatic rings. The smallest absolute Gasteiger partial charge is 0.135 e. The van der Waals surface area contributed by atoms with E-state index in [1.54, 1.807) is 0 Å². The van der Waals surface area contributed by atoms with Gasteiger partial charge in [-0.1, -0.05) is 24.6 Å². The van der Waals surface area contributed by atoms with Crippen molar-refractivity contribution < 1.29 is 5.11 Å². The van der Waals surface area contributed by atoms with E-state index in [4.69, 9.17) is 0 Å². The summed E-state index contributed by atoms with van der Waals surface area (Å²) in [6.07, 6.45) is 7.11. The van der Waals surface area contributed by atoms with Gasteiger partial charge in [-0.15, -0.1) is 0 Å². The number of aliphatic hydroxyl groups excluding tert-OH is 1. The Labute approximate surface area is 143 Å². The molecule has 0 radical (unpaired) electrons. The monoisotopic (exact) mass is 323 g/mol. The number of aliphatic hydroxyl groups is 1. The Morgan fingerprint density at radius 1 is 1.08 bits per heavy atom. The molecular weight excluding hydrogens is 298 g/mol. The average Bonchev–Trinajstić information content (AvgIpc) is 2.89. The molecule has 1 fully saturated rings. The maximum atomic E-state index is 9.91. The van der Waals surface area contributed by atoms with Gasteiger partial charge < -0.3 is 15.3 Å². The zero-order valence-corrected chi connectivity index (χ0v) is 14.0. The van der Waals surface area contributed by atoms with Crippen LogP contribution in [0.4, 0.5) is 17.2 Å². The van der Waals surface area contributed by atoms with E-state index in [1.807, 2.05) is 12.3 Å². The molecule has 0 spiro atoms. The lowest BCUT2D eigenvalue weighted by Gasteiger charge is -2.29. The number of hydrogen-bond donors (Lipinski definition) is 2. The molecule has 2 heterocycles. The van der Waals surface area contributed by atoms with Crippen molar-refractivity contribution in [1.29, 1.82) is 0 Å². The minimum Gasteiger partial charge on any atom is -0.393 e. The van der Waals surface area contributed by atoms with Gasteiger partial charge in [0, 0.05) is 24.8 Å². The number of anilines is 3. The second-order valence-electron chi connectivity index (χ2n) is 7.06. The van der Waals surface area contributed by atoms with Crippen LogP contribution >= 0.6 is 0 Å². The number of nitrogens with one attached hydrogen (secondary N) is 1. The van der Waals surface area contributed by atoms with Gasteiger partial charge in [0.2, 0.25) is 0 Å². The van der Waals surface area contributed by atoms with E-state index in [9.17, 15) is 5.11 Å². The molecule has 1 aliphatic heterocycles. The molecule has 0 bridgehead atoms. The number of benzene rings is 1. The van der Waals surface area contributed by atoms with Crippen LogP contribution in [0.3, 0.4) is 0 Å². The summed E-state index contributed by atoms with van der Waals surface area (Å²) in [7, 11) is 0. The summed E-state index contributed by atoms with van der Waals surface area (Å²) >= 11 is 0. The highest BCUT2D eigenvalue weighted by molar-refractivity contribution is 5.77. The van der Waals surface area contributed by atoms with Gasteiger partial charge in [-0.2, -0.15) is 0 Å². The second-order valence-corrected chi connectivity index (χ2v) is 7.06. The zero-order valence-electron chi connectivity index (χ0n) is 14.0. The average molecular weight is 323 g/mol. The third-order valence-electron chi connectivity index (χ3n) is 5.29. The SMILES string of the molecule is OC1CCCC(CN2Cc3cccnc3Nc3ccccc32)CC1. The molecule has 24 heavy (non-hydrogen) atoms. The van der Waals surface area contributed by atoms with E-state index in [0.717, 1.165) is 50.3 Å². The van der Waals surface area contributed by atoms with Crippen LogP contribution in [0.1, 0.15) is 37.7 Å². The fraction of sp³-hybridized carbons (Fsp3) is 0.450. The summed E-state index contributed by atoms with van der Waals surface area (Å²) in [6, 6.07) is 12.7. The van der Waals surface area contributed by atoms with Gasteiger partial charge in [0.25, 0.3) is 0 Å². The summed E-state index contributed by atoms with van der Waals surface area (Å²) in [4.78, 5) is 7.00. The van der Waals surface area contributed by atoms with Gasteiger partial charge >= 0.3 is 0 Å². The summed E-state index contributed by atoms with van der Waals surface area (Å²) in [5.74, 6) is 1.61. The van der Waals surface area contributed by atoms with Crippen molar-refractivity contribution in [2.75, 3.05) is 16.8 Å². The van der Waals surface area contributed by atoms with E-state index in [0.29, 0.717) is 5.92 Å². The lowest BCUT2D eigenvalue weighted by molar-refractivity contribution is 0.156. The molecule has 1 aromatic carbocycles. The van der Waals surface area contributed by atoms with Crippen LogP contribution < -0.4 is 10.2 Å². The van der Waals surface area contributed by atoms with E-state index < -0.39 is 0 Å². The first kappa shape index (κ1) is 15.5. The normalized spacial score (nSPS) is 23.5. The molecule has 4 nitrogen and oxygen atoms in total. The maximum Gasteiger partial charge on any atom is 0.135 e. The lowest BCUT2D eigenvalue weighted by Crippen LogP contribution is -2.28. The predicted octanol–water partition coefficient (Wildman–Crippen LogP) is 4.09. The topological polar surface area (TPSA) is 48.4 Å². The number of aromatic nitrogens is 1. The molecule has 0 amide bonds. The molecule has 2 atom stereocenters. The van der Waals surface area contributed by atoms with Crippen LogP contribution in [-0.2, 0) is 6.54 Å². The van der Waals surface area contributed by atoms with Gasteiger partial charge in [0.1, 0.15) is 5.82 Å². The van der Waals surface area contributed by atoms with Crippen LogP contribution in [0.15, 0.2) is 42.6 Å². The first-order valence-corrected chi connectivity index (χ1v) is 9.02. The minimum atomic E-state index is -0.0991. The Morgan fingerprint density at radius 2 is 2.00 bits per heavy atom. The van der Waals surface area contributed by atoms with Gasteiger partial charge in [-0.3, -0.25) is 0 Å². The fourth-order valence-electron chi connectivity index (χ4n) is 3.97. The van der Waals surface area contributed by atoms with Crippen LogP contribution in [0.25, 0.3) is 0 Å². The lowest BCUT2D eigenvalue weighted by atomic mass is 9.99. The Morgan fingerprint density at radius 3 is 2.96 bits per heavy atom. The molecule has 2 N–H and O–H groups in total. The summed E-state index contributed by atoms with van der Waals surface area (Å²) in [5, 5.41) is 13.4. The highest BCUT2D eigenvalue weighted by Gasteiger charge is 2.24. The first-order valence-electron chi connectivity index (χ1n) is 9.02. The summed E-state index contributed by atoms with van der Waals surface area (Å²) in [5.41, 5.74) is 3.62. The van der Waals surface area contributed by atoms with Gasteiger partial charge in [-0.05, 0) is 49.8 Å². The van der Waals surface area contributed by atoms with Crippen molar-refractivity contribution >= 4 is 17.2 Å². The highest BCUT2D eigenvalue weighted by Crippen LogP contribution is 2.36. The zero-order chi connectivity index (χ0) is 16.4. The third-order valence-corrected chi connectivity index (χ3v) is 5.29. The Balaban J connectivity index is 1.61. The van der Waals surface area contributed by atoms with E-state index in [1.165, 1.54) is 17.7 Å². The summed E-state index contributed by atoms with van der Waals surface area (Å²) in [6.45, 7) is 1.92. The number of pyridine rings is 1. The van der Waals surface area contributed by atoms with Crippen LogP contribution in [0, 0.1) is 5.92 Å². The highest BCUT2D eigenvalue weighted by atomic mass is 16.3. The second kappa shape index (κ2) is 6.81. The Hall–Kier alpha value is -2.07. The summed E-state index contributed by atoms with van der Waals surface area (Å²) < 4.78 is 0. The van der Waals surface area contributed by atoms with E-state index in [2.05, 4.69) is 45.5 Å². The van der Waals surface area contributed by atoms with Crippen molar-refractivity contribution in [2.45, 2.75) is 44.8 Å². The maximum absolute atomic E-state index is 9.91. The number of nitrogens with zero attached hydrogens (tertiary/aromatic N) is 2. The Bertz CT molecular complexity index is 703. The van der Waals surface area contributed by atoms with Gasteiger partial charge in [0.05, 0.1) is 17.5 Å². The molecule has 1 aromatic heterocycles. The number of hydrogen-bond acceptors (Lipinski definition) is 4. The number of fused-ring (bicyclic) bond motifs is 2. The van der Waals surface area contributed by atoms with Crippen LogP contribution in [0.5, 0.6) is 0 Å². The van der Waals surface area contributed by atoms with Crippen molar-refractivity contribution in [2.24, 2.45) is 5.92 Å². The molecular formula is C20H25N3O. The van der Waals surface area contributed by atoms with E-state index >= 15 is 0 Å². The molecule has 0 saturated heterocycles. The van der Waals surface area contributed by atoms with Crippen molar-refractivity contribution in [1.82, 2.24) is 4.98 Å². The molecule has 1 saturated carbocycles. The molecule has 126 valence electrons. The van der Waals surface area contributed by atoms with Crippen molar-refractivity contribution in [3.05, 3.63) is 48.2 Å². The predicted molar refractivity (Wildman–Crippen MR) is 97.6 cm³/mol. The molecule has 4 heteroatoms. The number of para-hydroxylation sites is 2. The minimum absolute atomic E-state index is 0.0991.